The van der Waals surface area contributed by atoms with Crippen LogP contribution in [0.25, 0.3) is 11.8 Å². The van der Waals surface area contributed by atoms with Crippen molar-refractivity contribution >= 4 is 51.3 Å². The summed E-state index contributed by atoms with van der Waals surface area (Å²) in [5.41, 5.74) is 3.43. The topological polar surface area (TPSA) is 131 Å². The Labute approximate surface area is 236 Å². The molecule has 0 aliphatic carbocycles. The molecule has 5 rings (SSSR count). The first-order chi connectivity index (χ1) is 18.8. The second-order valence-corrected chi connectivity index (χ2v) is 10.2. The summed E-state index contributed by atoms with van der Waals surface area (Å²) >= 11 is 9.63. The van der Waals surface area contributed by atoms with Gasteiger partial charge in [-0.2, -0.15) is 4.68 Å². The Kier molecular flexibility index (Phi) is 7.62. The van der Waals surface area contributed by atoms with Crippen molar-refractivity contribution in [3.63, 3.8) is 0 Å². The normalized spacial score (nSPS) is 14.8. The number of hydrogen-bond acceptors (Lipinski definition) is 7. The van der Waals surface area contributed by atoms with Crippen LogP contribution < -0.4 is 0 Å². The lowest BCUT2D eigenvalue weighted by Crippen LogP contribution is -2.43. The van der Waals surface area contributed by atoms with Gasteiger partial charge in [0.1, 0.15) is 12.4 Å². The van der Waals surface area contributed by atoms with E-state index in [1.54, 1.807) is 42.6 Å². The van der Waals surface area contributed by atoms with Gasteiger partial charge in [-0.25, -0.2) is 4.79 Å². The highest BCUT2D eigenvalue weighted by Crippen LogP contribution is 2.33. The van der Waals surface area contributed by atoms with E-state index in [-0.39, 0.29) is 23.7 Å². The molecule has 12 heteroatoms. The lowest BCUT2D eigenvalue weighted by atomic mass is 9.90. The molecule has 1 aliphatic rings. The van der Waals surface area contributed by atoms with Crippen LogP contribution in [0, 0.1) is 0 Å². The SMILES string of the molecule is O=C(O)c1ccc(CC(=O)C2c3cc(Br)cnc3CCN2C(=O)/C=C/c2cc(Cl)ccc2-n2cnnn2)cc1. The minimum atomic E-state index is -1.04. The molecule has 1 unspecified atom stereocenters. The number of aromatic carboxylic acids is 1. The number of carboxylic acids is 1. The summed E-state index contributed by atoms with van der Waals surface area (Å²) in [6.07, 6.45) is 6.63. The first-order valence-corrected chi connectivity index (χ1v) is 13.0. The predicted molar refractivity (Wildman–Crippen MR) is 145 cm³/mol. The van der Waals surface area contributed by atoms with E-state index in [0.29, 0.717) is 44.8 Å². The number of Topliss-reactive ketones (excluding diaryl/α,β-unsaturated/α-hetero) is 1. The number of tetrazole rings is 1. The summed E-state index contributed by atoms with van der Waals surface area (Å²) in [6.45, 7) is 0.300. The smallest absolute Gasteiger partial charge is 0.335 e. The molecule has 2 aromatic heterocycles. The number of carboxylic acid groups (broad SMARTS) is 1. The Morgan fingerprint density at radius 2 is 1.92 bits per heavy atom. The van der Waals surface area contributed by atoms with Crippen molar-refractivity contribution in [1.29, 1.82) is 0 Å². The molecule has 2 aromatic carbocycles. The average Bonchev–Trinajstić information content (AvgIpc) is 3.46. The third-order valence-electron chi connectivity index (χ3n) is 6.32. The number of carbonyl (C=O) groups is 3. The predicted octanol–water partition coefficient (Wildman–Crippen LogP) is 4.12. The number of halogens is 2. The number of carbonyl (C=O) groups excluding carboxylic acids is 2. The van der Waals surface area contributed by atoms with Gasteiger partial charge in [0.25, 0.3) is 0 Å². The maximum Gasteiger partial charge on any atom is 0.335 e. The highest BCUT2D eigenvalue weighted by molar-refractivity contribution is 9.10. The molecule has 0 fully saturated rings. The molecule has 0 spiro atoms. The highest BCUT2D eigenvalue weighted by atomic mass is 79.9. The van der Waals surface area contributed by atoms with Crippen molar-refractivity contribution in [2.24, 2.45) is 0 Å². The van der Waals surface area contributed by atoms with Gasteiger partial charge in [-0.05, 0) is 74.4 Å². The molecule has 1 atom stereocenters. The van der Waals surface area contributed by atoms with Crippen molar-refractivity contribution in [3.8, 4) is 5.69 Å². The fraction of sp³-hybridized carbons (Fsp3) is 0.148. The Morgan fingerprint density at radius 3 is 2.64 bits per heavy atom. The minimum absolute atomic E-state index is 0.0156. The molecule has 0 saturated carbocycles. The molecule has 39 heavy (non-hydrogen) atoms. The van der Waals surface area contributed by atoms with Crippen LogP contribution in [0.1, 0.15) is 38.8 Å². The van der Waals surface area contributed by atoms with Crippen molar-refractivity contribution < 1.29 is 19.5 Å². The minimum Gasteiger partial charge on any atom is -0.478 e. The van der Waals surface area contributed by atoms with Crippen LogP contribution in [0.4, 0.5) is 0 Å². The molecule has 3 heterocycles. The zero-order valence-corrected chi connectivity index (χ0v) is 22.6. The zero-order chi connectivity index (χ0) is 27.5. The van der Waals surface area contributed by atoms with Crippen LogP contribution in [0.3, 0.4) is 0 Å². The van der Waals surface area contributed by atoms with Gasteiger partial charge >= 0.3 is 5.97 Å². The van der Waals surface area contributed by atoms with Crippen molar-refractivity contribution in [1.82, 2.24) is 30.1 Å². The second-order valence-electron chi connectivity index (χ2n) is 8.81. The summed E-state index contributed by atoms with van der Waals surface area (Å²) in [5, 5.41) is 20.9. The molecular weight excluding hydrogens is 588 g/mol. The average molecular weight is 608 g/mol. The number of benzene rings is 2. The van der Waals surface area contributed by atoms with Crippen LogP contribution in [-0.2, 0) is 22.4 Å². The fourth-order valence-electron chi connectivity index (χ4n) is 4.50. The summed E-state index contributed by atoms with van der Waals surface area (Å²) in [4.78, 5) is 44.4. The Morgan fingerprint density at radius 1 is 1.13 bits per heavy atom. The number of aromatic nitrogens is 5. The highest BCUT2D eigenvalue weighted by Gasteiger charge is 2.35. The fourth-order valence-corrected chi connectivity index (χ4v) is 5.03. The molecule has 4 aromatic rings. The summed E-state index contributed by atoms with van der Waals surface area (Å²) in [5.74, 6) is -1.61. The van der Waals surface area contributed by atoms with Crippen LogP contribution in [0.5, 0.6) is 0 Å². The maximum atomic E-state index is 13.7. The number of rotatable bonds is 7. The van der Waals surface area contributed by atoms with Gasteiger partial charge in [0.05, 0.1) is 11.3 Å². The largest absolute Gasteiger partial charge is 0.478 e. The Balaban J connectivity index is 1.45. The van der Waals surface area contributed by atoms with Gasteiger partial charge in [0, 0.05) is 58.0 Å². The Hall–Kier alpha value is -4.22. The van der Waals surface area contributed by atoms with E-state index in [9.17, 15) is 14.4 Å². The van der Waals surface area contributed by atoms with E-state index in [0.717, 1.165) is 5.69 Å². The van der Waals surface area contributed by atoms with Gasteiger partial charge in [0.2, 0.25) is 5.91 Å². The number of pyridine rings is 1. The molecule has 0 bridgehead atoms. The third kappa shape index (κ3) is 5.79. The molecular formula is C27H20BrClN6O4. The standard InChI is InChI=1S/C27H20BrClN6O4/c28-19-13-21-22(30-14-19)9-10-34(26(21)24(36)11-16-1-3-17(4-2-16)27(38)39)25(37)8-5-18-12-20(29)6-7-23(18)35-15-31-32-33-35/h1-8,12-15,26H,9-11H2,(H,38,39)/b8-5+. The van der Waals surface area contributed by atoms with E-state index in [4.69, 9.17) is 16.7 Å². The number of hydrogen-bond donors (Lipinski definition) is 1. The summed E-state index contributed by atoms with van der Waals surface area (Å²) in [6, 6.07) is 12.2. The third-order valence-corrected chi connectivity index (χ3v) is 6.99. The van der Waals surface area contributed by atoms with E-state index in [1.165, 1.54) is 34.1 Å². The van der Waals surface area contributed by atoms with Gasteiger partial charge in [-0.1, -0.05) is 23.7 Å². The van der Waals surface area contributed by atoms with Crippen LogP contribution in [0.2, 0.25) is 5.02 Å². The van der Waals surface area contributed by atoms with Crippen LogP contribution in [-0.4, -0.2) is 59.4 Å². The Bertz CT molecular complexity index is 1590. The molecule has 1 amide bonds. The summed E-state index contributed by atoms with van der Waals surface area (Å²) in [7, 11) is 0. The maximum absolute atomic E-state index is 13.7. The van der Waals surface area contributed by atoms with E-state index in [1.807, 2.05) is 6.07 Å². The monoisotopic (exact) mass is 606 g/mol. The molecule has 10 nitrogen and oxygen atoms in total. The second kappa shape index (κ2) is 11.3. The molecule has 0 radical (unpaired) electrons. The van der Waals surface area contributed by atoms with Crippen molar-refractivity contribution in [2.45, 2.75) is 18.9 Å². The van der Waals surface area contributed by atoms with E-state index >= 15 is 0 Å². The van der Waals surface area contributed by atoms with Crippen LogP contribution in [0.15, 0.2) is 71.6 Å². The molecule has 1 N–H and O–H groups in total. The van der Waals surface area contributed by atoms with Gasteiger partial charge < -0.3 is 10.0 Å². The molecule has 0 saturated heterocycles. The quantitative estimate of drug-likeness (QED) is 0.311. The van der Waals surface area contributed by atoms with Gasteiger partial charge in [0.15, 0.2) is 5.78 Å². The number of nitrogens with zero attached hydrogens (tertiary/aromatic N) is 6. The zero-order valence-electron chi connectivity index (χ0n) is 20.2. The van der Waals surface area contributed by atoms with Crippen LogP contribution >= 0.6 is 27.5 Å². The first kappa shape index (κ1) is 26.4. The molecule has 1 aliphatic heterocycles. The lowest BCUT2D eigenvalue weighted by Gasteiger charge is -2.35. The van der Waals surface area contributed by atoms with Crippen molar-refractivity contribution in [2.75, 3.05) is 6.54 Å². The number of amides is 1. The van der Waals surface area contributed by atoms with Gasteiger partial charge in [-0.15, -0.1) is 5.10 Å². The van der Waals surface area contributed by atoms with Crippen molar-refractivity contribution in [3.05, 3.63) is 105 Å². The number of ketones is 1. The van der Waals surface area contributed by atoms with Gasteiger partial charge in [-0.3, -0.25) is 14.6 Å². The van der Waals surface area contributed by atoms with E-state index in [2.05, 4.69) is 36.4 Å². The number of fused-ring (bicyclic) bond motifs is 1. The van der Waals surface area contributed by atoms with E-state index < -0.39 is 12.0 Å². The first-order valence-electron chi connectivity index (χ1n) is 11.8. The lowest BCUT2D eigenvalue weighted by molar-refractivity contribution is -0.136. The summed E-state index contributed by atoms with van der Waals surface area (Å²) < 4.78 is 2.16. The molecule has 196 valence electrons.